The maximum absolute atomic E-state index is 13.3. The van der Waals surface area contributed by atoms with Gasteiger partial charge < -0.3 is 15.4 Å². The van der Waals surface area contributed by atoms with E-state index in [0.29, 0.717) is 43.2 Å². The van der Waals surface area contributed by atoms with Crippen molar-refractivity contribution in [2.45, 2.75) is 104 Å². The van der Waals surface area contributed by atoms with Gasteiger partial charge in [-0.3, -0.25) is 88.3 Å². The van der Waals surface area contributed by atoms with Gasteiger partial charge in [0.1, 0.15) is 10.6 Å². The van der Waals surface area contributed by atoms with Crippen LogP contribution in [0.25, 0.3) is 0 Å². The van der Waals surface area contributed by atoms with Crippen LogP contribution in [0.3, 0.4) is 0 Å². The van der Waals surface area contributed by atoms with Crippen molar-refractivity contribution in [2.75, 3.05) is 49.9 Å². The first-order valence-electron chi connectivity index (χ1n) is 39.7. The Morgan fingerprint density at radius 3 is 0.824 bits per heavy atom. The predicted octanol–water partition coefficient (Wildman–Crippen LogP) is 15.9. The molecule has 2 N–H and O–H groups in total. The topological polar surface area (TPSA) is 252 Å². The van der Waals surface area contributed by atoms with Crippen LogP contribution in [0.5, 0.6) is 5.75 Å². The molecule has 0 saturated heterocycles. The van der Waals surface area contributed by atoms with E-state index in [2.05, 4.69) is 158 Å². The first-order valence-corrected chi connectivity index (χ1v) is 41.1. The van der Waals surface area contributed by atoms with Crippen molar-refractivity contribution in [1.29, 1.82) is 0 Å². The Morgan fingerprint density at radius 1 is 0.311 bits per heavy atom. The standard InChI is InChI=1S/C30H32N4O5S.C26H28N6.C21H24N4.C18H18N4/c1-23(25-13-15-28(16-14-25)38-24(2)35)39-40(36,37)30-12-4-3-11-29(30)33-19-20-34(21-26-9-5-7-17-31-26)22-27-10-6-8-18-32-27;1-5-13-27-23(9-1)19-31(20-24-10-2-6-14-28-24)17-18-32(21-25-11-3-7-15-29-25)22-26-12-4-8-16-30-26;1-18-8-2-3-11-21(18)24-14-15-25(16-19-9-4-6-12-22-19)17-20-10-5-7-13-23-20;1-4-10-19-16(7-1)13-22(14-17-8-2-5-11-20-17)15-18-9-3-6-12-21-18/h3-18,23,33H,19-22H2,1-2H3;1-16H,17-22H2;2-13,24H,14-17H2,1H3;1-12H,13-15H2. The molecule has 0 spiro atoms. The summed E-state index contributed by atoms with van der Waals surface area (Å²) >= 11 is 0. The molecule has 0 aliphatic rings. The van der Waals surface area contributed by atoms with E-state index in [-0.39, 0.29) is 4.90 Å². The summed E-state index contributed by atoms with van der Waals surface area (Å²) in [6.07, 6.45) is 19.4. The first-order chi connectivity index (χ1) is 58.4. The predicted molar refractivity (Wildman–Crippen MR) is 465 cm³/mol. The molecule has 0 radical (unpaired) electrons. The molecular weight excluding hydrogens is 1510 g/mol. The zero-order valence-electron chi connectivity index (χ0n) is 67.5. The van der Waals surface area contributed by atoms with Crippen molar-refractivity contribution in [3.05, 3.63) is 415 Å². The Bertz CT molecular complexity index is 4900. The van der Waals surface area contributed by atoms with Crippen LogP contribution in [0.1, 0.15) is 93.7 Å². The van der Waals surface area contributed by atoms with E-state index >= 15 is 0 Å². The number of pyridine rings is 11. The number of carbonyl (C=O) groups excluding carboxylic acids is 1. The van der Waals surface area contributed by atoms with Gasteiger partial charge in [0.25, 0.3) is 10.1 Å². The Labute approximate surface area is 699 Å². The van der Waals surface area contributed by atoms with Gasteiger partial charge in [-0.15, -0.1) is 0 Å². The van der Waals surface area contributed by atoms with Crippen LogP contribution in [0, 0.1) is 6.92 Å². The highest BCUT2D eigenvalue weighted by atomic mass is 32.2. The molecule has 0 aliphatic carbocycles. The smallest absolute Gasteiger partial charge is 0.308 e. The van der Waals surface area contributed by atoms with E-state index in [1.165, 1.54) is 24.2 Å². The molecule has 0 saturated carbocycles. The van der Waals surface area contributed by atoms with Crippen molar-refractivity contribution in [1.82, 2.24) is 79.3 Å². The molecule has 0 amide bonds. The van der Waals surface area contributed by atoms with Crippen molar-refractivity contribution in [2.24, 2.45) is 0 Å². The molecule has 3 aromatic carbocycles. The Balaban J connectivity index is 0.000000159. The van der Waals surface area contributed by atoms with Gasteiger partial charge in [-0.25, -0.2) is 0 Å². The molecule has 0 bridgehead atoms. The Morgan fingerprint density at radius 2 is 0.555 bits per heavy atom. The minimum Gasteiger partial charge on any atom is -0.427 e. The molecule has 14 rings (SSSR count). The number of esters is 1. The number of nitrogens with one attached hydrogen (secondary N) is 2. The fraction of sp³-hybridized carbons (Fsp3) is 0.221. The summed E-state index contributed by atoms with van der Waals surface area (Å²) in [6.45, 7) is 18.0. The van der Waals surface area contributed by atoms with E-state index in [1.807, 2.05) is 220 Å². The van der Waals surface area contributed by atoms with Gasteiger partial charge in [-0.2, -0.15) is 8.42 Å². The van der Waals surface area contributed by atoms with Crippen LogP contribution in [0.15, 0.2) is 346 Å². The third kappa shape index (κ3) is 31.9. The van der Waals surface area contributed by atoms with E-state index in [9.17, 15) is 13.2 Å². The summed E-state index contributed by atoms with van der Waals surface area (Å²) in [6, 6.07) is 87.6. The number of rotatable bonds is 38. The summed E-state index contributed by atoms with van der Waals surface area (Å²) in [5.41, 5.74) is 15.0. The highest BCUT2D eigenvalue weighted by Gasteiger charge is 2.25. The number of hydrogen-bond donors (Lipinski definition) is 2. The SMILES string of the molecule is CC(=O)Oc1ccc(C(C)OS(=O)(=O)c2ccccc2NCCN(Cc2ccccn2)Cc2ccccn2)cc1.Cc1ccccc1NCCN(Cc1ccccn1)Cc1ccccn1.c1ccc(CN(CCN(Cc2ccccn2)Cc2ccccn2)Cc2ccccn2)nc1.c1ccc(CN(Cc2ccccn2)Cc2ccccn2)nc1. The van der Waals surface area contributed by atoms with Crippen LogP contribution in [-0.4, -0.2) is 133 Å². The zero-order chi connectivity index (χ0) is 82.6. The van der Waals surface area contributed by atoms with E-state index in [0.717, 1.165) is 148 Å². The van der Waals surface area contributed by atoms with Crippen LogP contribution >= 0.6 is 0 Å². The van der Waals surface area contributed by atoms with Crippen molar-refractivity contribution in [3.63, 3.8) is 0 Å². The summed E-state index contributed by atoms with van der Waals surface area (Å²) in [5, 5.41) is 6.80. The largest absolute Gasteiger partial charge is 0.427 e. The van der Waals surface area contributed by atoms with Crippen LogP contribution in [0.4, 0.5) is 11.4 Å². The quantitative estimate of drug-likeness (QED) is 0.0207. The molecule has 608 valence electrons. The lowest BCUT2D eigenvalue weighted by Crippen LogP contribution is -2.35. The number of aryl methyl sites for hydroxylation is 1. The highest BCUT2D eigenvalue weighted by molar-refractivity contribution is 7.87. The number of hydrogen-bond acceptors (Lipinski definition) is 23. The fourth-order valence-electron chi connectivity index (χ4n) is 12.8. The van der Waals surface area contributed by atoms with Crippen LogP contribution in [-0.2, 0) is 91.1 Å². The highest BCUT2D eigenvalue weighted by Crippen LogP contribution is 2.30. The average Bonchev–Trinajstić information content (AvgIpc) is 0.807. The fourth-order valence-corrected chi connectivity index (χ4v) is 14.1. The molecule has 11 aromatic heterocycles. The minimum atomic E-state index is -4.10. The molecular formula is C95H102N18O5S. The summed E-state index contributed by atoms with van der Waals surface area (Å²) in [5.74, 6) is -0.0543. The number of carbonyl (C=O) groups is 1. The summed E-state index contributed by atoms with van der Waals surface area (Å²) in [4.78, 5) is 72.0. The molecule has 24 heteroatoms. The van der Waals surface area contributed by atoms with Gasteiger partial charge in [0, 0.05) is 192 Å². The molecule has 119 heavy (non-hydrogen) atoms. The number of aromatic nitrogens is 11. The molecule has 0 fully saturated rings. The lowest BCUT2D eigenvalue weighted by molar-refractivity contribution is -0.131. The maximum atomic E-state index is 13.3. The molecule has 1 unspecified atom stereocenters. The lowest BCUT2D eigenvalue weighted by atomic mass is 10.1. The normalized spacial score (nSPS) is 11.4. The maximum Gasteiger partial charge on any atom is 0.308 e. The third-order valence-corrected chi connectivity index (χ3v) is 20.1. The van der Waals surface area contributed by atoms with Crippen LogP contribution in [0.2, 0.25) is 0 Å². The van der Waals surface area contributed by atoms with Gasteiger partial charge in [-0.1, -0.05) is 109 Å². The molecule has 0 aliphatic heterocycles. The van der Waals surface area contributed by atoms with Gasteiger partial charge in [0.15, 0.2) is 0 Å². The summed E-state index contributed by atoms with van der Waals surface area (Å²) in [7, 11) is -4.10. The van der Waals surface area contributed by atoms with Gasteiger partial charge in [0.05, 0.1) is 74.4 Å². The minimum absolute atomic E-state index is 0.0550. The van der Waals surface area contributed by atoms with E-state index in [1.54, 1.807) is 61.8 Å². The van der Waals surface area contributed by atoms with E-state index < -0.39 is 22.2 Å². The molecule has 1 atom stereocenters. The number of anilines is 2. The second-order valence-corrected chi connectivity index (χ2v) is 29.6. The second kappa shape index (κ2) is 48.6. The molecule has 23 nitrogen and oxygen atoms in total. The van der Waals surface area contributed by atoms with Crippen molar-refractivity contribution in [3.8, 4) is 5.75 Å². The van der Waals surface area contributed by atoms with Crippen LogP contribution < -0.4 is 15.4 Å². The monoisotopic (exact) mass is 1610 g/mol. The number of para-hydroxylation sites is 2. The average molecular weight is 1610 g/mol. The summed E-state index contributed by atoms with van der Waals surface area (Å²) < 4.78 is 37.1. The van der Waals surface area contributed by atoms with Crippen molar-refractivity contribution < 1.29 is 22.1 Å². The number of nitrogens with zero attached hydrogens (tertiary/aromatic N) is 16. The lowest BCUT2D eigenvalue weighted by Gasteiger charge is -2.27. The Kier molecular flexibility index (Phi) is 35.5. The first kappa shape index (κ1) is 86.9. The third-order valence-electron chi connectivity index (χ3n) is 18.6. The van der Waals surface area contributed by atoms with Gasteiger partial charge in [-0.05, 0) is 189 Å². The molecule has 11 heterocycles. The second-order valence-electron chi connectivity index (χ2n) is 28.0. The van der Waals surface area contributed by atoms with Crippen molar-refractivity contribution >= 4 is 27.5 Å². The Hall–Kier alpha value is -12.9. The zero-order valence-corrected chi connectivity index (χ0v) is 68.4. The number of ether oxygens (including phenoxy) is 1. The number of benzene rings is 3. The molecule has 14 aromatic rings. The van der Waals surface area contributed by atoms with E-state index in [4.69, 9.17) is 8.92 Å². The van der Waals surface area contributed by atoms with Gasteiger partial charge >= 0.3 is 5.97 Å². The van der Waals surface area contributed by atoms with Gasteiger partial charge in [0.2, 0.25) is 0 Å².